The summed E-state index contributed by atoms with van der Waals surface area (Å²) < 4.78 is 1.62. The van der Waals surface area contributed by atoms with Gasteiger partial charge in [0.1, 0.15) is 0 Å². The Labute approximate surface area is 128 Å². The maximum absolute atomic E-state index is 12.0. The molecule has 1 heterocycles. The zero-order valence-corrected chi connectivity index (χ0v) is 13.1. The summed E-state index contributed by atoms with van der Waals surface area (Å²) in [5.74, 6) is 0. The normalized spacial score (nSPS) is 11.5. The minimum absolute atomic E-state index is 0.0492. The molecule has 0 fully saturated rings. The Kier molecular flexibility index (Phi) is 4.93. The Morgan fingerprint density at radius 3 is 2.11 bits per heavy atom. The van der Waals surface area contributed by atoms with Crippen LogP contribution in [0.5, 0.6) is 0 Å². The molecule has 0 bridgehead atoms. The topological polar surface area (TPSA) is 22.0 Å². The predicted molar refractivity (Wildman–Crippen MR) is 88.0 cm³/mol. The highest BCUT2D eigenvalue weighted by Gasteiger charge is 1.99. The molecule has 19 heavy (non-hydrogen) atoms. The van der Waals surface area contributed by atoms with E-state index < -0.39 is 0 Å². The van der Waals surface area contributed by atoms with Crippen molar-refractivity contribution in [2.75, 3.05) is 0 Å². The van der Waals surface area contributed by atoms with E-state index in [4.69, 9.17) is 0 Å². The fourth-order valence-corrected chi connectivity index (χ4v) is 2.31. The second-order valence-corrected chi connectivity index (χ2v) is 4.90. The van der Waals surface area contributed by atoms with E-state index in [1.807, 2.05) is 42.5 Å². The summed E-state index contributed by atoms with van der Waals surface area (Å²) in [4.78, 5) is 15.5. The fraction of sp³-hybridized carbons (Fsp3) is 0. The van der Waals surface area contributed by atoms with Crippen molar-refractivity contribution in [3.63, 3.8) is 0 Å². The molecule has 0 aliphatic rings. The molecule has 0 N–H and O–H groups in total. The Morgan fingerprint density at radius 2 is 1.53 bits per heavy atom. The first kappa shape index (κ1) is 14.0. The van der Waals surface area contributed by atoms with Gasteiger partial charge in [-0.1, -0.05) is 44.0 Å². The lowest BCUT2D eigenvalue weighted by Gasteiger charge is -2.06. The van der Waals surface area contributed by atoms with Crippen LogP contribution >= 0.6 is 31.9 Å². The maximum atomic E-state index is 12.0. The third-order valence-electron chi connectivity index (χ3n) is 2.63. The first-order chi connectivity index (χ1) is 9.24. The Balaban J connectivity index is 2.39. The zero-order valence-electron chi connectivity index (χ0n) is 9.96. The molecule has 1 aromatic carbocycles. The number of rotatable bonds is 3. The van der Waals surface area contributed by atoms with Crippen molar-refractivity contribution in [2.45, 2.75) is 0 Å². The largest absolute Gasteiger partial charge is 0.284 e. The van der Waals surface area contributed by atoms with Gasteiger partial charge in [0.05, 0.1) is 0 Å². The van der Waals surface area contributed by atoms with Crippen LogP contribution in [-0.4, -0.2) is 4.57 Å². The number of benzene rings is 1. The summed E-state index contributed by atoms with van der Waals surface area (Å²) in [5.41, 5.74) is 2.75. The molecule has 0 saturated carbocycles. The summed E-state index contributed by atoms with van der Waals surface area (Å²) in [6.45, 7) is 0. The molecule has 0 atom stereocenters. The molecule has 1 aromatic heterocycles. The summed E-state index contributed by atoms with van der Waals surface area (Å²) in [6, 6.07) is 11.3. The monoisotopic (exact) mass is 379 g/mol. The molecule has 0 spiro atoms. The maximum Gasteiger partial charge on any atom is 0.255 e. The van der Waals surface area contributed by atoms with Gasteiger partial charge in [-0.15, -0.1) is 0 Å². The van der Waals surface area contributed by atoms with Crippen LogP contribution in [0, 0.1) is 0 Å². The van der Waals surface area contributed by atoms with Crippen LogP contribution in [0.4, 0.5) is 0 Å². The van der Waals surface area contributed by atoms with E-state index in [0.29, 0.717) is 0 Å². The molecule has 0 unspecified atom stereocenters. The van der Waals surface area contributed by atoms with Gasteiger partial charge in [0.2, 0.25) is 0 Å². The molecule has 4 heteroatoms. The molecule has 0 amide bonds. The first-order valence-electron chi connectivity index (χ1n) is 5.61. The Bertz CT molecular complexity index is 669. The van der Waals surface area contributed by atoms with Gasteiger partial charge < -0.3 is 0 Å². The molecule has 0 saturated heterocycles. The minimum atomic E-state index is -0.0492. The molecule has 2 rings (SSSR count). The van der Waals surface area contributed by atoms with E-state index in [1.165, 1.54) is 0 Å². The Morgan fingerprint density at radius 1 is 0.895 bits per heavy atom. The zero-order chi connectivity index (χ0) is 13.7. The number of halogens is 2. The number of hydrogen-bond donors (Lipinski definition) is 0. The van der Waals surface area contributed by atoms with E-state index in [1.54, 1.807) is 26.8 Å². The minimum Gasteiger partial charge on any atom is -0.284 e. The molecule has 0 aliphatic heterocycles. The quantitative estimate of drug-likeness (QED) is 0.764. The predicted octanol–water partition coefficient (Wildman–Crippen LogP) is 4.57. The summed E-state index contributed by atoms with van der Waals surface area (Å²) >= 11 is 6.43. The van der Waals surface area contributed by atoms with Gasteiger partial charge >= 0.3 is 0 Å². The second-order valence-electron chi connectivity index (χ2n) is 3.85. The summed E-state index contributed by atoms with van der Waals surface area (Å²) in [5, 5.41) is 0. The van der Waals surface area contributed by atoms with Crippen LogP contribution in [0.2, 0.25) is 0 Å². The van der Waals surface area contributed by atoms with Crippen LogP contribution in [0.1, 0.15) is 11.1 Å². The highest BCUT2D eigenvalue weighted by molar-refractivity contribution is 9.11. The number of aromatic nitrogens is 1. The SMILES string of the molecule is O=c1cc(C=CBr)ccn1-c1ccc(C=CBr)cc1. The van der Waals surface area contributed by atoms with Crippen molar-refractivity contribution in [3.8, 4) is 5.69 Å². The lowest BCUT2D eigenvalue weighted by molar-refractivity contribution is 0.988. The number of nitrogens with zero attached hydrogens (tertiary/aromatic N) is 1. The third-order valence-corrected chi connectivity index (χ3v) is 3.15. The molecule has 2 aromatic rings. The van der Waals surface area contributed by atoms with E-state index in [2.05, 4.69) is 31.9 Å². The van der Waals surface area contributed by atoms with Gasteiger partial charge in [-0.3, -0.25) is 9.36 Å². The van der Waals surface area contributed by atoms with Crippen molar-refractivity contribution < 1.29 is 0 Å². The van der Waals surface area contributed by atoms with Gasteiger partial charge in [0.15, 0.2) is 0 Å². The standard InChI is InChI=1S/C15H11Br2NO/c16-8-5-12-1-3-14(4-2-12)18-10-7-13(6-9-17)11-15(18)19/h1-11H. The van der Waals surface area contributed by atoms with Crippen molar-refractivity contribution in [1.29, 1.82) is 0 Å². The van der Waals surface area contributed by atoms with Gasteiger partial charge in [-0.25, -0.2) is 0 Å². The van der Waals surface area contributed by atoms with Crippen LogP contribution in [0.25, 0.3) is 17.8 Å². The lowest BCUT2D eigenvalue weighted by Crippen LogP contribution is -2.16. The van der Waals surface area contributed by atoms with E-state index >= 15 is 0 Å². The first-order valence-corrected chi connectivity index (χ1v) is 7.44. The lowest BCUT2D eigenvalue weighted by atomic mass is 10.2. The molecule has 0 radical (unpaired) electrons. The Hall–Kier alpha value is -1.39. The van der Waals surface area contributed by atoms with Crippen molar-refractivity contribution in [2.24, 2.45) is 0 Å². The van der Waals surface area contributed by atoms with Crippen LogP contribution in [0.3, 0.4) is 0 Å². The third kappa shape index (κ3) is 3.55. The molecule has 2 nitrogen and oxygen atoms in total. The van der Waals surface area contributed by atoms with E-state index in [9.17, 15) is 4.79 Å². The van der Waals surface area contributed by atoms with E-state index in [-0.39, 0.29) is 5.56 Å². The van der Waals surface area contributed by atoms with Crippen molar-refractivity contribution >= 4 is 44.0 Å². The van der Waals surface area contributed by atoms with Crippen LogP contribution < -0.4 is 5.56 Å². The van der Waals surface area contributed by atoms with Crippen LogP contribution in [-0.2, 0) is 0 Å². The highest BCUT2D eigenvalue weighted by Crippen LogP contribution is 2.11. The number of hydrogen-bond acceptors (Lipinski definition) is 1. The average molecular weight is 381 g/mol. The van der Waals surface area contributed by atoms with Gasteiger partial charge in [-0.2, -0.15) is 0 Å². The fourth-order valence-electron chi connectivity index (χ4n) is 1.70. The van der Waals surface area contributed by atoms with Crippen molar-refractivity contribution in [1.82, 2.24) is 4.57 Å². The summed E-state index contributed by atoms with van der Waals surface area (Å²) in [6.07, 6.45) is 5.55. The van der Waals surface area contributed by atoms with Gasteiger partial charge in [0.25, 0.3) is 5.56 Å². The van der Waals surface area contributed by atoms with Gasteiger partial charge in [0, 0.05) is 18.0 Å². The molecular weight excluding hydrogens is 370 g/mol. The second kappa shape index (κ2) is 6.68. The smallest absolute Gasteiger partial charge is 0.255 e. The van der Waals surface area contributed by atoms with Crippen molar-refractivity contribution in [3.05, 3.63) is 74.0 Å². The van der Waals surface area contributed by atoms with E-state index in [0.717, 1.165) is 16.8 Å². The summed E-state index contributed by atoms with van der Waals surface area (Å²) in [7, 11) is 0. The molecular formula is C15H11Br2NO. The molecule has 0 aliphatic carbocycles. The molecule has 96 valence electrons. The van der Waals surface area contributed by atoms with Gasteiger partial charge in [-0.05, 0) is 51.4 Å². The van der Waals surface area contributed by atoms with Crippen LogP contribution in [0.15, 0.2) is 57.4 Å². The average Bonchev–Trinajstić information content (AvgIpc) is 2.41. The number of pyridine rings is 1. The highest BCUT2D eigenvalue weighted by atomic mass is 79.9.